The number of anilines is 1. The lowest BCUT2D eigenvalue weighted by Gasteiger charge is -2.39. The van der Waals surface area contributed by atoms with Gasteiger partial charge >= 0.3 is 0 Å². The predicted molar refractivity (Wildman–Crippen MR) is 117 cm³/mol. The highest BCUT2D eigenvalue weighted by atomic mass is 16.5. The lowest BCUT2D eigenvalue weighted by molar-refractivity contribution is -0.116. The number of nitrogens with two attached hydrogens (primary N) is 1. The van der Waals surface area contributed by atoms with Gasteiger partial charge in [0.25, 0.3) is 0 Å². The van der Waals surface area contributed by atoms with E-state index < -0.39 is 5.92 Å². The summed E-state index contributed by atoms with van der Waals surface area (Å²) < 4.78 is 5.55. The molecule has 152 valence electrons. The average molecular weight is 399 g/mol. The first-order valence-corrected chi connectivity index (χ1v) is 10.3. The normalized spacial score (nSPS) is 18.9. The van der Waals surface area contributed by atoms with Gasteiger partial charge in [-0.1, -0.05) is 29.8 Å². The zero-order valence-corrected chi connectivity index (χ0v) is 17.3. The molecule has 0 bridgehead atoms. The van der Waals surface area contributed by atoms with Crippen LogP contribution in [0.4, 0.5) is 5.69 Å². The number of ketones is 1. The van der Waals surface area contributed by atoms with Gasteiger partial charge in [0, 0.05) is 23.4 Å². The first-order chi connectivity index (χ1) is 14.5. The summed E-state index contributed by atoms with van der Waals surface area (Å²) >= 11 is 0. The van der Waals surface area contributed by atoms with E-state index in [1.54, 1.807) is 0 Å². The van der Waals surface area contributed by atoms with Crippen LogP contribution in [0.15, 0.2) is 71.2 Å². The van der Waals surface area contributed by atoms with E-state index in [2.05, 4.69) is 6.07 Å². The van der Waals surface area contributed by atoms with E-state index in [4.69, 9.17) is 10.5 Å². The quantitative estimate of drug-likeness (QED) is 0.806. The summed E-state index contributed by atoms with van der Waals surface area (Å²) in [5.74, 6) is 0.800. The molecular weight excluding hydrogens is 374 g/mol. The molecule has 0 aromatic heterocycles. The van der Waals surface area contributed by atoms with Gasteiger partial charge in [-0.2, -0.15) is 5.26 Å². The number of carbonyl (C=O) groups excluding carboxylic acids is 1. The van der Waals surface area contributed by atoms with Crippen LogP contribution in [-0.2, 0) is 4.79 Å². The van der Waals surface area contributed by atoms with E-state index in [1.807, 2.05) is 67.3 Å². The molecule has 2 aliphatic rings. The minimum atomic E-state index is -0.449. The number of Topliss-reactive ketones (excluding diaryl/α,β-unsaturated/α-hetero) is 1. The molecule has 1 heterocycles. The average Bonchev–Trinajstić information content (AvgIpc) is 2.75. The van der Waals surface area contributed by atoms with E-state index in [0.29, 0.717) is 30.0 Å². The molecule has 0 unspecified atom stereocenters. The summed E-state index contributed by atoms with van der Waals surface area (Å²) in [5.41, 5.74) is 11.5. The highest BCUT2D eigenvalue weighted by Crippen LogP contribution is 2.46. The Balaban J connectivity index is 1.88. The molecule has 0 spiro atoms. The molecule has 5 nitrogen and oxygen atoms in total. The Bertz CT molecular complexity index is 1070. The Morgan fingerprint density at radius 3 is 2.47 bits per heavy atom. The van der Waals surface area contributed by atoms with E-state index in [-0.39, 0.29) is 5.78 Å². The van der Waals surface area contributed by atoms with Gasteiger partial charge in [0.05, 0.1) is 24.2 Å². The fourth-order valence-corrected chi connectivity index (χ4v) is 4.33. The van der Waals surface area contributed by atoms with Crippen molar-refractivity contribution in [3.05, 3.63) is 82.3 Å². The Labute approximate surface area is 177 Å². The van der Waals surface area contributed by atoms with Crippen LogP contribution in [0.3, 0.4) is 0 Å². The number of rotatable bonds is 4. The molecule has 4 rings (SSSR count). The summed E-state index contributed by atoms with van der Waals surface area (Å²) in [6.07, 6.45) is 2.03. The van der Waals surface area contributed by atoms with Gasteiger partial charge in [-0.15, -0.1) is 0 Å². The second kappa shape index (κ2) is 8.08. The third kappa shape index (κ3) is 3.35. The van der Waals surface area contributed by atoms with Crippen molar-refractivity contribution in [2.24, 2.45) is 5.73 Å². The predicted octanol–water partition coefficient (Wildman–Crippen LogP) is 4.70. The number of aryl methyl sites for hydroxylation is 1. The van der Waals surface area contributed by atoms with Crippen LogP contribution < -0.4 is 15.4 Å². The Morgan fingerprint density at radius 2 is 1.83 bits per heavy atom. The van der Waals surface area contributed by atoms with Crippen molar-refractivity contribution in [3.8, 4) is 11.8 Å². The number of hydrogen-bond acceptors (Lipinski definition) is 5. The number of benzene rings is 2. The van der Waals surface area contributed by atoms with Crippen molar-refractivity contribution in [1.82, 2.24) is 0 Å². The van der Waals surface area contributed by atoms with Crippen LogP contribution >= 0.6 is 0 Å². The first kappa shape index (κ1) is 19.8. The minimum absolute atomic E-state index is 0.0903. The molecule has 1 aliphatic heterocycles. The van der Waals surface area contributed by atoms with Crippen molar-refractivity contribution >= 4 is 11.5 Å². The Hall–Kier alpha value is -3.52. The highest BCUT2D eigenvalue weighted by Gasteiger charge is 2.40. The molecule has 0 radical (unpaired) electrons. The maximum absolute atomic E-state index is 13.1. The van der Waals surface area contributed by atoms with Crippen molar-refractivity contribution < 1.29 is 9.53 Å². The SMILES string of the molecule is CCOc1ccc([C@H]2C(C#N)=C(N)N(c3ccc(C)cc3)C3=C2C(=O)CCC3)cc1. The van der Waals surface area contributed by atoms with Crippen LogP contribution in [-0.4, -0.2) is 12.4 Å². The maximum Gasteiger partial charge on any atom is 0.161 e. The third-order valence-electron chi connectivity index (χ3n) is 5.73. The van der Waals surface area contributed by atoms with Gasteiger partial charge < -0.3 is 10.5 Å². The summed E-state index contributed by atoms with van der Waals surface area (Å²) in [4.78, 5) is 15.0. The second-order valence-corrected chi connectivity index (χ2v) is 7.65. The second-order valence-electron chi connectivity index (χ2n) is 7.65. The highest BCUT2D eigenvalue weighted by molar-refractivity contribution is 6.01. The Morgan fingerprint density at radius 1 is 1.13 bits per heavy atom. The van der Waals surface area contributed by atoms with E-state index in [9.17, 15) is 10.1 Å². The van der Waals surface area contributed by atoms with Crippen LogP contribution in [0.2, 0.25) is 0 Å². The van der Waals surface area contributed by atoms with Gasteiger partial charge in [-0.3, -0.25) is 9.69 Å². The molecule has 0 saturated carbocycles. The van der Waals surface area contributed by atoms with Crippen LogP contribution in [0.5, 0.6) is 5.75 Å². The van der Waals surface area contributed by atoms with Gasteiger partial charge in [0.15, 0.2) is 5.78 Å². The molecule has 0 amide bonds. The molecule has 0 fully saturated rings. The van der Waals surface area contributed by atoms with Crippen molar-refractivity contribution in [2.75, 3.05) is 11.5 Å². The standard InChI is InChI=1S/C25H25N3O2/c1-3-30-19-13-9-17(10-14-19)23-20(15-26)25(27)28(18-11-7-16(2)8-12-18)21-5-4-6-22(29)24(21)23/h7-14,23H,3-6,27H2,1-2H3/t23-/m0/s1. The molecule has 30 heavy (non-hydrogen) atoms. The lowest BCUT2D eigenvalue weighted by Crippen LogP contribution is -2.38. The molecule has 0 saturated heterocycles. The molecule has 5 heteroatoms. The zero-order chi connectivity index (χ0) is 21.3. The first-order valence-electron chi connectivity index (χ1n) is 10.3. The molecule has 2 aromatic rings. The number of nitrogens with zero attached hydrogens (tertiary/aromatic N) is 2. The number of ether oxygens (including phenoxy) is 1. The van der Waals surface area contributed by atoms with Crippen LogP contribution in [0, 0.1) is 18.3 Å². The van der Waals surface area contributed by atoms with E-state index in [1.165, 1.54) is 0 Å². The number of allylic oxidation sites excluding steroid dienone is 3. The molecule has 2 N–H and O–H groups in total. The lowest BCUT2D eigenvalue weighted by atomic mass is 9.75. The van der Waals surface area contributed by atoms with E-state index >= 15 is 0 Å². The smallest absolute Gasteiger partial charge is 0.161 e. The fraction of sp³-hybridized carbons (Fsp3) is 0.280. The Kier molecular flexibility index (Phi) is 5.33. The summed E-state index contributed by atoms with van der Waals surface area (Å²) in [6, 6.07) is 17.9. The topological polar surface area (TPSA) is 79.3 Å². The van der Waals surface area contributed by atoms with Crippen molar-refractivity contribution in [3.63, 3.8) is 0 Å². The zero-order valence-electron chi connectivity index (χ0n) is 17.3. The summed E-state index contributed by atoms with van der Waals surface area (Å²) in [7, 11) is 0. The largest absolute Gasteiger partial charge is 0.494 e. The monoisotopic (exact) mass is 399 g/mol. The van der Waals surface area contributed by atoms with Gasteiger partial charge in [0.2, 0.25) is 0 Å². The molecule has 2 aromatic carbocycles. The number of carbonyl (C=O) groups is 1. The number of nitriles is 1. The molecule has 1 atom stereocenters. The fourth-order valence-electron chi connectivity index (χ4n) is 4.33. The van der Waals surface area contributed by atoms with Crippen LogP contribution in [0.1, 0.15) is 43.2 Å². The van der Waals surface area contributed by atoms with Crippen molar-refractivity contribution in [1.29, 1.82) is 5.26 Å². The molecule has 1 aliphatic carbocycles. The van der Waals surface area contributed by atoms with E-state index in [0.717, 1.165) is 41.1 Å². The molecular formula is C25H25N3O2. The van der Waals surface area contributed by atoms with Crippen LogP contribution in [0.25, 0.3) is 0 Å². The summed E-state index contributed by atoms with van der Waals surface area (Å²) in [5, 5.41) is 10.0. The van der Waals surface area contributed by atoms with Gasteiger partial charge in [-0.05, 0) is 56.5 Å². The number of hydrogen-bond donors (Lipinski definition) is 1. The van der Waals surface area contributed by atoms with Gasteiger partial charge in [0.1, 0.15) is 11.6 Å². The minimum Gasteiger partial charge on any atom is -0.494 e. The van der Waals surface area contributed by atoms with Gasteiger partial charge in [-0.25, -0.2) is 0 Å². The summed E-state index contributed by atoms with van der Waals surface area (Å²) in [6.45, 7) is 4.54. The van der Waals surface area contributed by atoms with Crippen molar-refractivity contribution in [2.45, 2.75) is 39.0 Å². The third-order valence-corrected chi connectivity index (χ3v) is 5.73. The maximum atomic E-state index is 13.1.